The third-order valence-electron chi connectivity index (χ3n) is 13.6. The fraction of sp³-hybridized carbons (Fsp3) is 0.489. The van der Waals surface area contributed by atoms with Gasteiger partial charge in [0.25, 0.3) is 0 Å². The molecule has 2 aromatic heterocycles. The van der Waals surface area contributed by atoms with Gasteiger partial charge in [0.1, 0.15) is 36.1 Å². The number of fused-ring (bicyclic) bond motifs is 6. The number of methoxy groups -OCH3 is 2. The Bertz CT molecular complexity index is 2510. The van der Waals surface area contributed by atoms with E-state index in [9.17, 15) is 19.2 Å². The Kier molecular flexibility index (Phi) is 11.9. The molecule has 4 amide bonds. The zero-order chi connectivity index (χ0) is 44.0. The Morgan fingerprint density at radius 2 is 1.40 bits per heavy atom. The average molecular weight is 847 g/mol. The number of rotatable bonds is 11. The molecule has 0 spiro atoms. The normalized spacial score (nSPS) is 21.4. The minimum atomic E-state index is -0.712. The molecule has 5 aromatic rings. The van der Waals surface area contributed by atoms with Crippen LogP contribution in [-0.2, 0) is 25.7 Å². The summed E-state index contributed by atoms with van der Waals surface area (Å²) in [6.45, 7) is 12.4. The minimum Gasteiger partial charge on any atom is -0.488 e. The molecule has 2 saturated heterocycles. The molecular weight excluding hydrogens is 789 g/mol. The van der Waals surface area contributed by atoms with Crippen molar-refractivity contribution in [1.82, 2.24) is 40.4 Å². The van der Waals surface area contributed by atoms with Gasteiger partial charge in [0.2, 0.25) is 11.8 Å². The van der Waals surface area contributed by atoms with Crippen LogP contribution in [0.2, 0.25) is 0 Å². The van der Waals surface area contributed by atoms with Crippen LogP contribution in [0.1, 0.15) is 109 Å². The second kappa shape index (κ2) is 17.3. The molecular formula is C47H58N8O7. The van der Waals surface area contributed by atoms with Crippen LogP contribution in [0, 0.1) is 11.8 Å². The first-order valence-electron chi connectivity index (χ1n) is 22.0. The van der Waals surface area contributed by atoms with Crippen LogP contribution < -0.4 is 15.4 Å². The number of hydrogen-bond acceptors (Lipinski definition) is 9. The predicted molar refractivity (Wildman–Crippen MR) is 235 cm³/mol. The van der Waals surface area contributed by atoms with E-state index in [4.69, 9.17) is 24.2 Å². The maximum absolute atomic E-state index is 14.1. The number of alkyl carbamates (subject to hydrolysis) is 2. The summed E-state index contributed by atoms with van der Waals surface area (Å²) in [6, 6.07) is 12.7. The molecule has 15 nitrogen and oxygen atoms in total. The van der Waals surface area contributed by atoms with Crippen LogP contribution in [0.15, 0.2) is 48.7 Å². The highest BCUT2D eigenvalue weighted by molar-refractivity contribution is 6.07. The van der Waals surface area contributed by atoms with E-state index in [0.29, 0.717) is 12.4 Å². The Labute approximate surface area is 361 Å². The van der Waals surface area contributed by atoms with E-state index >= 15 is 0 Å². The van der Waals surface area contributed by atoms with Gasteiger partial charge in [0.05, 0.1) is 49.2 Å². The molecule has 3 aliphatic heterocycles. The zero-order valence-corrected chi connectivity index (χ0v) is 36.8. The number of ether oxygens (including phenoxy) is 3. The number of aromatic amines is 2. The standard InChI is InChI=1S/C47H58N8O7/c1-9-24(3)39(52-46(58)60-7)44(56)54-26(5)11-17-36(54)42-48-22-35(50-42)29-13-15-31-30(19-29)23-62-38-21-32-28(20-33(31)38)14-16-34-41(32)51-43(49-34)37-18-12-27(6)55(37)45(57)40(25(4)10-2)53-47(59)61-8/h13-16,19-22,24-27,36-37,39-40H,9-12,17-18,23H2,1-8H3,(H,48,50)(H,49,51)(H,52,58)(H,53,59). The van der Waals surface area contributed by atoms with Crippen LogP contribution in [0.3, 0.4) is 0 Å². The average Bonchev–Trinajstić information content (AvgIpc) is 4.11. The van der Waals surface area contributed by atoms with Crippen molar-refractivity contribution in [3.63, 3.8) is 0 Å². The van der Waals surface area contributed by atoms with Gasteiger partial charge in [-0.15, -0.1) is 0 Å². The van der Waals surface area contributed by atoms with E-state index in [2.05, 4.69) is 57.0 Å². The molecule has 3 aliphatic rings. The van der Waals surface area contributed by atoms with Crippen LogP contribution >= 0.6 is 0 Å². The number of imidazole rings is 2. The number of H-pyrrole nitrogens is 2. The predicted octanol–water partition coefficient (Wildman–Crippen LogP) is 8.31. The van der Waals surface area contributed by atoms with Gasteiger partial charge >= 0.3 is 12.2 Å². The van der Waals surface area contributed by atoms with Gasteiger partial charge in [-0.1, -0.05) is 58.7 Å². The van der Waals surface area contributed by atoms with Crippen LogP contribution in [0.5, 0.6) is 5.75 Å². The number of amides is 4. The number of nitrogens with one attached hydrogen (secondary N) is 4. The Balaban J connectivity index is 1.04. The van der Waals surface area contributed by atoms with E-state index in [-0.39, 0.29) is 47.8 Å². The molecule has 8 rings (SSSR count). The summed E-state index contributed by atoms with van der Waals surface area (Å²) in [7, 11) is 2.61. The van der Waals surface area contributed by atoms with Crippen molar-refractivity contribution < 1.29 is 33.4 Å². The summed E-state index contributed by atoms with van der Waals surface area (Å²) in [4.78, 5) is 73.4. The fourth-order valence-corrected chi connectivity index (χ4v) is 9.59. The summed E-state index contributed by atoms with van der Waals surface area (Å²) < 4.78 is 16.2. The van der Waals surface area contributed by atoms with Crippen LogP contribution in [0.4, 0.5) is 9.59 Å². The maximum atomic E-state index is 14.1. The van der Waals surface area contributed by atoms with Crippen molar-refractivity contribution in [1.29, 1.82) is 0 Å². The molecule has 0 saturated carbocycles. The highest BCUT2D eigenvalue weighted by Crippen LogP contribution is 2.44. The third kappa shape index (κ3) is 7.70. The molecule has 4 N–H and O–H groups in total. The molecule has 2 fully saturated rings. The summed E-state index contributed by atoms with van der Waals surface area (Å²) in [5.41, 5.74) is 6.60. The van der Waals surface area contributed by atoms with Crippen molar-refractivity contribution in [3.8, 4) is 28.1 Å². The summed E-state index contributed by atoms with van der Waals surface area (Å²) in [5.74, 6) is 1.78. The molecule has 8 unspecified atom stereocenters. The van der Waals surface area contributed by atoms with Gasteiger partial charge in [0.15, 0.2) is 0 Å². The smallest absolute Gasteiger partial charge is 0.407 e. The lowest BCUT2D eigenvalue weighted by Crippen LogP contribution is -2.53. The summed E-state index contributed by atoms with van der Waals surface area (Å²) in [5, 5.41) is 7.53. The van der Waals surface area contributed by atoms with Crippen molar-refractivity contribution in [2.24, 2.45) is 11.8 Å². The van der Waals surface area contributed by atoms with Crippen molar-refractivity contribution in [2.75, 3.05) is 14.2 Å². The molecule has 15 heteroatoms. The van der Waals surface area contributed by atoms with E-state index in [1.165, 1.54) is 14.2 Å². The van der Waals surface area contributed by atoms with Crippen LogP contribution in [-0.4, -0.2) is 92.1 Å². The SMILES string of the molecule is CCC(C)C(NC(=O)OC)C(=O)N1C(C)CCC1c1ncc(-c2ccc3c(c2)COc2cc4c(ccc5[nH]c(C6CCC(C)N6C(=O)C(NC(=O)OC)C(C)CC)nc54)cc2-3)[nH]1. The Hall–Kier alpha value is -6.12. The number of benzene rings is 3. The lowest BCUT2D eigenvalue weighted by Gasteiger charge is -2.33. The fourth-order valence-electron chi connectivity index (χ4n) is 9.59. The first kappa shape index (κ1) is 42.6. The molecule has 5 heterocycles. The monoisotopic (exact) mass is 846 g/mol. The van der Waals surface area contributed by atoms with Crippen molar-refractivity contribution in [3.05, 3.63) is 65.9 Å². The number of aromatic nitrogens is 4. The van der Waals surface area contributed by atoms with E-state index in [0.717, 1.165) is 99.9 Å². The van der Waals surface area contributed by atoms with E-state index in [1.54, 1.807) is 0 Å². The topological polar surface area (TPSA) is 184 Å². The molecule has 8 atom stereocenters. The first-order chi connectivity index (χ1) is 29.8. The van der Waals surface area contributed by atoms with Gasteiger partial charge in [-0.25, -0.2) is 19.6 Å². The Morgan fingerprint density at radius 3 is 2.00 bits per heavy atom. The zero-order valence-electron chi connectivity index (χ0n) is 36.8. The second-order valence-corrected chi connectivity index (χ2v) is 17.4. The number of carbonyl (C=O) groups is 4. The quantitative estimate of drug-likeness (QED) is 0.102. The minimum absolute atomic E-state index is 0.0157. The second-order valence-electron chi connectivity index (χ2n) is 17.4. The molecule has 0 radical (unpaired) electrons. The van der Waals surface area contributed by atoms with Gasteiger partial charge in [-0.2, -0.15) is 0 Å². The highest BCUT2D eigenvalue weighted by Gasteiger charge is 2.43. The van der Waals surface area contributed by atoms with Crippen LogP contribution in [0.25, 0.3) is 44.2 Å². The first-order valence-corrected chi connectivity index (χ1v) is 22.0. The van der Waals surface area contributed by atoms with Gasteiger partial charge in [-0.05, 0) is 97.7 Å². The van der Waals surface area contributed by atoms with E-state index in [1.807, 2.05) is 63.6 Å². The molecule has 0 aliphatic carbocycles. The van der Waals surface area contributed by atoms with Gasteiger partial charge in [0, 0.05) is 23.0 Å². The maximum Gasteiger partial charge on any atom is 0.407 e. The lowest BCUT2D eigenvalue weighted by molar-refractivity contribution is -0.138. The number of nitrogens with zero attached hydrogens (tertiary/aromatic N) is 4. The van der Waals surface area contributed by atoms with Crippen molar-refractivity contribution >= 4 is 45.8 Å². The number of carbonyl (C=O) groups excluding carboxylic acids is 4. The highest BCUT2D eigenvalue weighted by atomic mass is 16.5. The molecule has 0 bridgehead atoms. The lowest BCUT2D eigenvalue weighted by atomic mass is 9.92. The Morgan fingerprint density at radius 1 is 0.790 bits per heavy atom. The van der Waals surface area contributed by atoms with Gasteiger partial charge < -0.3 is 44.6 Å². The summed E-state index contributed by atoms with van der Waals surface area (Å²) >= 11 is 0. The number of hydrogen-bond donors (Lipinski definition) is 4. The van der Waals surface area contributed by atoms with Gasteiger partial charge in [-0.3, -0.25) is 9.59 Å². The number of likely N-dealkylation sites (tertiary alicyclic amines) is 2. The molecule has 3 aromatic carbocycles. The van der Waals surface area contributed by atoms with Crippen molar-refractivity contribution in [2.45, 2.75) is 123 Å². The summed E-state index contributed by atoms with van der Waals surface area (Å²) in [6.07, 6.45) is 5.17. The largest absolute Gasteiger partial charge is 0.488 e. The molecule has 62 heavy (non-hydrogen) atoms. The van der Waals surface area contributed by atoms with E-state index < -0.39 is 24.3 Å². The third-order valence-corrected chi connectivity index (χ3v) is 13.6. The molecule has 328 valence electrons.